The highest BCUT2D eigenvalue weighted by molar-refractivity contribution is 7.92. The van der Waals surface area contributed by atoms with Crippen molar-refractivity contribution in [3.05, 3.63) is 95.6 Å². The number of anilines is 1. The maximum absolute atomic E-state index is 13.6. The number of hydrogen-bond donors (Lipinski definition) is 1. The van der Waals surface area contributed by atoms with Crippen LogP contribution >= 0.6 is 0 Å². The molecular weight excluding hydrogens is 432 g/mol. The van der Waals surface area contributed by atoms with E-state index in [9.17, 15) is 13.2 Å². The van der Waals surface area contributed by atoms with Crippen molar-refractivity contribution in [3.63, 3.8) is 0 Å². The zero-order valence-electron chi connectivity index (χ0n) is 19.7. The molecule has 0 bridgehead atoms. The molecule has 0 saturated carbocycles. The number of nitrogens with zero attached hydrogens (tertiary/aromatic N) is 1. The molecule has 0 aliphatic rings. The van der Waals surface area contributed by atoms with Gasteiger partial charge in [0.05, 0.1) is 16.6 Å². The fourth-order valence-corrected chi connectivity index (χ4v) is 5.31. The summed E-state index contributed by atoms with van der Waals surface area (Å²) >= 11 is 0. The van der Waals surface area contributed by atoms with Gasteiger partial charge in [-0.15, -0.1) is 0 Å². The summed E-state index contributed by atoms with van der Waals surface area (Å²) in [7, 11) is -3.94. The summed E-state index contributed by atoms with van der Waals surface area (Å²) in [5, 5.41) is 3.08. The molecule has 0 aliphatic carbocycles. The number of carbonyl (C=O) groups is 1. The van der Waals surface area contributed by atoms with Gasteiger partial charge in [-0.05, 0) is 61.1 Å². The standard InChI is InChI=1S/C27H32N2O3S/c1-20(2)17-25(23-11-7-5-8-12-23)28-27(30)19-29(26-18-21(3)15-16-22(26)4)33(31,32)24-13-9-6-10-14-24/h5-16,18,20,25H,17,19H2,1-4H3,(H,28,30)/t25-/m0/s1. The molecule has 0 fully saturated rings. The maximum atomic E-state index is 13.6. The minimum absolute atomic E-state index is 0.153. The quantitative estimate of drug-likeness (QED) is 0.461. The minimum Gasteiger partial charge on any atom is -0.348 e. The number of rotatable bonds is 9. The van der Waals surface area contributed by atoms with Crippen LogP contribution in [0, 0.1) is 19.8 Å². The summed E-state index contributed by atoms with van der Waals surface area (Å²) in [4.78, 5) is 13.4. The second-order valence-corrected chi connectivity index (χ2v) is 10.6. The van der Waals surface area contributed by atoms with E-state index in [0.29, 0.717) is 11.6 Å². The lowest BCUT2D eigenvalue weighted by Gasteiger charge is -2.28. The first-order valence-corrected chi connectivity index (χ1v) is 12.6. The van der Waals surface area contributed by atoms with E-state index >= 15 is 0 Å². The van der Waals surface area contributed by atoms with E-state index in [-0.39, 0.29) is 23.4 Å². The Morgan fingerprint density at radius 1 is 0.909 bits per heavy atom. The number of carbonyl (C=O) groups excluding carboxylic acids is 1. The van der Waals surface area contributed by atoms with Gasteiger partial charge in [-0.2, -0.15) is 0 Å². The SMILES string of the molecule is Cc1ccc(C)c(N(CC(=O)N[C@@H](CC(C)C)c2ccccc2)S(=O)(=O)c2ccccc2)c1. The van der Waals surface area contributed by atoms with Crippen molar-refractivity contribution in [1.29, 1.82) is 0 Å². The molecule has 3 aromatic carbocycles. The number of amides is 1. The first-order chi connectivity index (χ1) is 15.7. The summed E-state index contributed by atoms with van der Waals surface area (Å²) in [5.41, 5.74) is 3.22. The molecule has 0 unspecified atom stereocenters. The van der Waals surface area contributed by atoms with Gasteiger partial charge in [0.15, 0.2) is 0 Å². The zero-order chi connectivity index (χ0) is 24.0. The van der Waals surface area contributed by atoms with Crippen LogP contribution in [-0.4, -0.2) is 20.9 Å². The van der Waals surface area contributed by atoms with Crippen LogP contribution in [0.2, 0.25) is 0 Å². The average molecular weight is 465 g/mol. The molecule has 0 radical (unpaired) electrons. The highest BCUT2D eigenvalue weighted by Crippen LogP contribution is 2.28. The fourth-order valence-electron chi connectivity index (χ4n) is 3.81. The van der Waals surface area contributed by atoms with E-state index in [2.05, 4.69) is 19.2 Å². The Balaban J connectivity index is 1.96. The molecule has 1 atom stereocenters. The molecule has 1 N–H and O–H groups in total. The second-order valence-electron chi connectivity index (χ2n) is 8.78. The van der Waals surface area contributed by atoms with Crippen LogP contribution in [0.25, 0.3) is 0 Å². The first-order valence-electron chi connectivity index (χ1n) is 11.2. The van der Waals surface area contributed by atoms with Gasteiger partial charge in [-0.3, -0.25) is 9.10 Å². The molecule has 0 heterocycles. The third-order valence-corrected chi connectivity index (χ3v) is 7.27. The van der Waals surface area contributed by atoms with Crippen LogP contribution in [0.15, 0.2) is 83.8 Å². The molecule has 3 rings (SSSR count). The second kappa shape index (κ2) is 10.7. The molecular formula is C27H32N2O3S. The summed E-state index contributed by atoms with van der Waals surface area (Å²) < 4.78 is 28.4. The van der Waals surface area contributed by atoms with Gasteiger partial charge >= 0.3 is 0 Å². The number of benzene rings is 3. The van der Waals surface area contributed by atoms with Gasteiger partial charge in [-0.25, -0.2) is 8.42 Å². The van der Waals surface area contributed by atoms with Crippen molar-refractivity contribution in [3.8, 4) is 0 Å². The normalized spacial score (nSPS) is 12.4. The monoisotopic (exact) mass is 464 g/mol. The summed E-state index contributed by atoms with van der Waals surface area (Å²) in [6, 6.07) is 23.4. The number of nitrogens with one attached hydrogen (secondary N) is 1. The Labute approximate surface area is 197 Å². The average Bonchev–Trinajstić information content (AvgIpc) is 2.79. The van der Waals surface area contributed by atoms with Gasteiger partial charge in [-0.1, -0.05) is 74.5 Å². The maximum Gasteiger partial charge on any atom is 0.264 e. The van der Waals surface area contributed by atoms with Crippen molar-refractivity contribution < 1.29 is 13.2 Å². The molecule has 3 aromatic rings. The topological polar surface area (TPSA) is 66.5 Å². The first kappa shape index (κ1) is 24.5. The summed E-state index contributed by atoms with van der Waals surface area (Å²) in [5.74, 6) is 0.0172. The van der Waals surface area contributed by atoms with Gasteiger partial charge in [0.2, 0.25) is 5.91 Å². The lowest BCUT2D eigenvalue weighted by atomic mass is 9.97. The van der Waals surface area contributed by atoms with Crippen molar-refractivity contribution in [1.82, 2.24) is 5.32 Å². The van der Waals surface area contributed by atoms with Crippen LogP contribution in [0.5, 0.6) is 0 Å². The molecule has 6 heteroatoms. The Bertz CT molecular complexity index is 1180. The van der Waals surface area contributed by atoms with Crippen molar-refractivity contribution in [2.75, 3.05) is 10.8 Å². The summed E-state index contributed by atoms with van der Waals surface area (Å²) in [6.45, 7) is 7.66. The molecule has 5 nitrogen and oxygen atoms in total. The molecule has 0 aliphatic heterocycles. The van der Waals surface area contributed by atoms with E-state index in [0.717, 1.165) is 23.1 Å². The third-order valence-electron chi connectivity index (χ3n) is 5.50. The van der Waals surface area contributed by atoms with Crippen LogP contribution in [0.1, 0.15) is 43.0 Å². The van der Waals surface area contributed by atoms with Crippen molar-refractivity contribution in [2.45, 2.75) is 45.1 Å². The van der Waals surface area contributed by atoms with Crippen LogP contribution in [0.3, 0.4) is 0 Å². The number of sulfonamides is 1. The summed E-state index contributed by atoms with van der Waals surface area (Å²) in [6.07, 6.45) is 0.755. The highest BCUT2D eigenvalue weighted by atomic mass is 32.2. The molecule has 33 heavy (non-hydrogen) atoms. The Kier molecular flexibility index (Phi) is 7.92. The van der Waals surface area contributed by atoms with Crippen LogP contribution in [0.4, 0.5) is 5.69 Å². The van der Waals surface area contributed by atoms with E-state index in [1.54, 1.807) is 30.3 Å². The van der Waals surface area contributed by atoms with Crippen LogP contribution in [-0.2, 0) is 14.8 Å². The highest BCUT2D eigenvalue weighted by Gasteiger charge is 2.29. The van der Waals surface area contributed by atoms with Gasteiger partial charge < -0.3 is 5.32 Å². The Morgan fingerprint density at radius 2 is 1.52 bits per heavy atom. The van der Waals surface area contributed by atoms with E-state index in [1.807, 2.05) is 62.4 Å². The van der Waals surface area contributed by atoms with Gasteiger partial charge in [0, 0.05) is 0 Å². The predicted molar refractivity (Wildman–Crippen MR) is 134 cm³/mol. The lowest BCUT2D eigenvalue weighted by molar-refractivity contribution is -0.120. The van der Waals surface area contributed by atoms with E-state index in [1.165, 1.54) is 4.31 Å². The fraction of sp³-hybridized carbons (Fsp3) is 0.296. The molecule has 0 spiro atoms. The number of aryl methyl sites for hydroxylation is 2. The Hall–Kier alpha value is -3.12. The van der Waals surface area contributed by atoms with Crippen molar-refractivity contribution in [2.24, 2.45) is 5.92 Å². The third kappa shape index (κ3) is 6.23. The smallest absolute Gasteiger partial charge is 0.264 e. The van der Waals surface area contributed by atoms with E-state index in [4.69, 9.17) is 0 Å². The molecule has 0 saturated heterocycles. The van der Waals surface area contributed by atoms with E-state index < -0.39 is 10.0 Å². The predicted octanol–water partition coefficient (Wildman–Crippen LogP) is 5.40. The molecule has 1 amide bonds. The largest absolute Gasteiger partial charge is 0.348 e. The van der Waals surface area contributed by atoms with Gasteiger partial charge in [0.1, 0.15) is 6.54 Å². The van der Waals surface area contributed by atoms with Crippen molar-refractivity contribution >= 4 is 21.6 Å². The lowest BCUT2D eigenvalue weighted by Crippen LogP contribution is -2.42. The zero-order valence-corrected chi connectivity index (χ0v) is 20.5. The molecule has 174 valence electrons. The number of hydrogen-bond acceptors (Lipinski definition) is 3. The molecule has 0 aromatic heterocycles. The van der Waals surface area contributed by atoms with Crippen LogP contribution < -0.4 is 9.62 Å². The Morgan fingerprint density at radius 3 is 2.12 bits per heavy atom. The minimum atomic E-state index is -3.94. The van der Waals surface area contributed by atoms with Gasteiger partial charge in [0.25, 0.3) is 10.0 Å².